The van der Waals surface area contributed by atoms with Crippen LogP contribution in [-0.4, -0.2) is 22.3 Å². The van der Waals surface area contributed by atoms with E-state index in [2.05, 4.69) is 10.4 Å². The fourth-order valence-electron chi connectivity index (χ4n) is 1.56. The topological polar surface area (TPSA) is 56.1 Å². The average molecular weight is 281 g/mol. The molecule has 0 fully saturated rings. The van der Waals surface area contributed by atoms with Crippen molar-refractivity contribution in [3.8, 4) is 5.75 Å². The maximum Gasteiger partial charge on any atom is 0.333 e. The third-order valence-corrected chi connectivity index (χ3v) is 2.46. The number of aromatic nitrogens is 2. The molecule has 1 aromatic carbocycles. The molecule has 0 saturated carbocycles. The van der Waals surface area contributed by atoms with Gasteiger partial charge in [0.15, 0.2) is 5.69 Å². The molecule has 0 aliphatic carbocycles. The number of carbonyl (C=O) groups excluding carboxylic acids is 1. The highest BCUT2D eigenvalue weighted by atomic mass is 19.3. The lowest BCUT2D eigenvalue weighted by atomic mass is 10.3. The van der Waals surface area contributed by atoms with E-state index in [4.69, 9.17) is 4.74 Å². The Bertz CT molecular complexity index is 582. The van der Waals surface area contributed by atoms with Gasteiger partial charge in [0.1, 0.15) is 5.75 Å². The van der Waals surface area contributed by atoms with Gasteiger partial charge in [0.25, 0.3) is 5.91 Å². The predicted molar refractivity (Wildman–Crippen MR) is 69.0 cm³/mol. The van der Waals surface area contributed by atoms with Crippen LogP contribution in [0.5, 0.6) is 5.75 Å². The monoisotopic (exact) mass is 281 g/mol. The van der Waals surface area contributed by atoms with Gasteiger partial charge in [0, 0.05) is 11.9 Å². The van der Waals surface area contributed by atoms with Gasteiger partial charge in [0.05, 0.1) is 6.61 Å². The highest BCUT2D eigenvalue weighted by molar-refractivity contribution is 6.02. The summed E-state index contributed by atoms with van der Waals surface area (Å²) in [6.07, 6.45) is 1.05. The third kappa shape index (κ3) is 3.31. The van der Waals surface area contributed by atoms with E-state index in [0.717, 1.165) is 6.20 Å². The summed E-state index contributed by atoms with van der Waals surface area (Å²) in [6, 6.07) is 7.96. The molecule has 2 rings (SSSR count). The maximum atomic E-state index is 12.3. The quantitative estimate of drug-likeness (QED) is 0.916. The Hall–Kier alpha value is -2.44. The van der Waals surface area contributed by atoms with Crippen LogP contribution in [-0.2, 0) is 0 Å². The molecule has 5 nitrogen and oxygen atoms in total. The molecule has 0 saturated heterocycles. The van der Waals surface area contributed by atoms with Crippen LogP contribution in [0.15, 0.2) is 36.5 Å². The average Bonchev–Trinajstić information content (AvgIpc) is 2.91. The Morgan fingerprint density at radius 3 is 2.60 bits per heavy atom. The fraction of sp³-hybridized carbons (Fsp3) is 0.231. The number of hydrogen-bond donors (Lipinski definition) is 1. The minimum Gasteiger partial charge on any atom is -0.494 e. The zero-order valence-corrected chi connectivity index (χ0v) is 10.7. The zero-order valence-electron chi connectivity index (χ0n) is 10.7. The summed E-state index contributed by atoms with van der Waals surface area (Å²) in [5.41, 5.74) is 0.462. The summed E-state index contributed by atoms with van der Waals surface area (Å²) in [5.74, 6) is 0.140. The van der Waals surface area contributed by atoms with Gasteiger partial charge in [-0.25, -0.2) is 4.68 Å². The summed E-state index contributed by atoms with van der Waals surface area (Å²) in [7, 11) is 0. The van der Waals surface area contributed by atoms with Crippen molar-refractivity contribution in [2.24, 2.45) is 0 Å². The molecule has 0 aliphatic heterocycles. The molecule has 1 aromatic heterocycles. The van der Waals surface area contributed by atoms with Gasteiger partial charge >= 0.3 is 6.55 Å². The smallest absolute Gasteiger partial charge is 0.333 e. The Labute approximate surface area is 114 Å². The molecule has 20 heavy (non-hydrogen) atoms. The number of carbonyl (C=O) groups is 1. The van der Waals surface area contributed by atoms with Crippen LogP contribution in [0.1, 0.15) is 24.0 Å². The molecule has 0 spiro atoms. The molecule has 1 N–H and O–H groups in total. The minimum atomic E-state index is -2.76. The van der Waals surface area contributed by atoms with E-state index in [9.17, 15) is 13.6 Å². The van der Waals surface area contributed by atoms with Crippen LogP contribution >= 0.6 is 0 Å². The van der Waals surface area contributed by atoms with E-state index in [-0.39, 0.29) is 5.69 Å². The van der Waals surface area contributed by atoms with Gasteiger partial charge in [-0.15, -0.1) is 0 Å². The molecule has 0 aliphatic rings. The SMILES string of the molecule is CCOc1ccc(NC(=O)c2ccn(C(F)F)n2)cc1. The van der Waals surface area contributed by atoms with E-state index >= 15 is 0 Å². The van der Waals surface area contributed by atoms with Crippen LogP contribution in [0.2, 0.25) is 0 Å². The molecule has 1 heterocycles. The number of benzene rings is 1. The number of hydrogen-bond acceptors (Lipinski definition) is 3. The lowest BCUT2D eigenvalue weighted by molar-refractivity contribution is 0.0561. The van der Waals surface area contributed by atoms with Gasteiger partial charge in [-0.2, -0.15) is 13.9 Å². The summed E-state index contributed by atoms with van der Waals surface area (Å²) >= 11 is 0. The standard InChI is InChI=1S/C13H13F2N3O2/c1-2-20-10-5-3-9(4-6-10)16-12(19)11-7-8-18(17-11)13(14)15/h3-8,13H,2H2,1H3,(H,16,19). The fourth-order valence-corrected chi connectivity index (χ4v) is 1.56. The Morgan fingerprint density at radius 1 is 1.35 bits per heavy atom. The largest absolute Gasteiger partial charge is 0.494 e. The van der Waals surface area contributed by atoms with Crippen molar-refractivity contribution in [2.75, 3.05) is 11.9 Å². The zero-order chi connectivity index (χ0) is 14.5. The van der Waals surface area contributed by atoms with Crippen molar-refractivity contribution < 1.29 is 18.3 Å². The molecule has 2 aromatic rings. The number of anilines is 1. The first kappa shape index (κ1) is 14.0. The molecule has 7 heteroatoms. The number of alkyl halides is 2. The van der Waals surface area contributed by atoms with Crippen molar-refractivity contribution in [1.29, 1.82) is 0 Å². The second-order valence-corrected chi connectivity index (χ2v) is 3.87. The van der Waals surface area contributed by atoms with E-state index in [1.165, 1.54) is 6.07 Å². The number of halogens is 2. The molecular formula is C13H13F2N3O2. The molecule has 1 amide bonds. The van der Waals surface area contributed by atoms with Crippen LogP contribution in [0.25, 0.3) is 0 Å². The van der Waals surface area contributed by atoms with Gasteiger partial charge in [-0.05, 0) is 37.3 Å². The van der Waals surface area contributed by atoms with Crippen LogP contribution < -0.4 is 10.1 Å². The summed E-state index contributed by atoms with van der Waals surface area (Å²) in [6.45, 7) is -0.340. The molecule has 0 unspecified atom stereocenters. The van der Waals surface area contributed by atoms with Gasteiger partial charge in [-0.3, -0.25) is 4.79 Å². The van der Waals surface area contributed by atoms with Crippen LogP contribution in [0.3, 0.4) is 0 Å². The highest BCUT2D eigenvalue weighted by Crippen LogP contribution is 2.16. The number of amides is 1. The first-order valence-electron chi connectivity index (χ1n) is 5.97. The maximum absolute atomic E-state index is 12.3. The van der Waals surface area contributed by atoms with Crippen molar-refractivity contribution in [3.63, 3.8) is 0 Å². The predicted octanol–water partition coefficient (Wildman–Crippen LogP) is 2.93. The van der Waals surface area contributed by atoms with Crippen molar-refractivity contribution in [2.45, 2.75) is 13.5 Å². The number of rotatable bonds is 5. The summed E-state index contributed by atoms with van der Waals surface area (Å²) < 4.78 is 30.4. The summed E-state index contributed by atoms with van der Waals surface area (Å²) in [4.78, 5) is 11.8. The summed E-state index contributed by atoms with van der Waals surface area (Å²) in [5, 5.41) is 6.05. The Morgan fingerprint density at radius 2 is 2.05 bits per heavy atom. The third-order valence-electron chi connectivity index (χ3n) is 2.46. The number of ether oxygens (including phenoxy) is 1. The second kappa shape index (κ2) is 6.14. The lowest BCUT2D eigenvalue weighted by Gasteiger charge is -2.06. The van der Waals surface area contributed by atoms with Crippen molar-refractivity contribution in [3.05, 3.63) is 42.2 Å². The highest BCUT2D eigenvalue weighted by Gasteiger charge is 2.13. The molecular weight excluding hydrogens is 268 g/mol. The van der Waals surface area contributed by atoms with E-state index < -0.39 is 12.5 Å². The van der Waals surface area contributed by atoms with E-state index in [0.29, 0.717) is 22.7 Å². The normalized spacial score (nSPS) is 10.6. The Kier molecular flexibility index (Phi) is 4.29. The number of nitrogens with one attached hydrogen (secondary N) is 1. The van der Waals surface area contributed by atoms with Crippen molar-refractivity contribution >= 4 is 11.6 Å². The Balaban J connectivity index is 2.03. The van der Waals surface area contributed by atoms with E-state index in [1.807, 2.05) is 6.92 Å². The molecule has 0 atom stereocenters. The van der Waals surface area contributed by atoms with Gasteiger partial charge in [0.2, 0.25) is 0 Å². The number of nitrogens with zero attached hydrogens (tertiary/aromatic N) is 2. The molecule has 0 radical (unpaired) electrons. The van der Waals surface area contributed by atoms with Gasteiger partial charge < -0.3 is 10.1 Å². The first-order valence-corrected chi connectivity index (χ1v) is 5.97. The second-order valence-electron chi connectivity index (χ2n) is 3.87. The van der Waals surface area contributed by atoms with Gasteiger partial charge in [-0.1, -0.05) is 0 Å². The van der Waals surface area contributed by atoms with E-state index in [1.54, 1.807) is 24.3 Å². The first-order chi connectivity index (χ1) is 9.60. The van der Waals surface area contributed by atoms with Crippen LogP contribution in [0, 0.1) is 0 Å². The lowest BCUT2D eigenvalue weighted by Crippen LogP contribution is -2.13. The van der Waals surface area contributed by atoms with Crippen molar-refractivity contribution in [1.82, 2.24) is 9.78 Å². The molecule has 0 bridgehead atoms. The van der Waals surface area contributed by atoms with Crippen LogP contribution in [0.4, 0.5) is 14.5 Å². The molecule has 106 valence electrons. The minimum absolute atomic E-state index is 0.0702.